The predicted molar refractivity (Wildman–Crippen MR) is 41.6 cm³/mol. The Labute approximate surface area is 70.3 Å². The van der Waals surface area contributed by atoms with Crippen LogP contribution in [0.1, 0.15) is 19.8 Å². The molecule has 0 spiro atoms. The molecule has 0 bridgehead atoms. The molecule has 0 amide bonds. The minimum atomic E-state index is -0.816. The van der Waals surface area contributed by atoms with Crippen LogP contribution in [0.2, 0.25) is 0 Å². The van der Waals surface area contributed by atoms with Gasteiger partial charge in [0.2, 0.25) is 0 Å². The van der Waals surface area contributed by atoms with Gasteiger partial charge in [-0.25, -0.2) is 0 Å². The lowest BCUT2D eigenvalue weighted by Crippen LogP contribution is -2.16. The Hall–Kier alpha value is -0.410. The topological polar surface area (TPSA) is 54.4 Å². The smallest absolute Gasteiger partial charge is 0.142 e. The highest BCUT2D eigenvalue weighted by Gasteiger charge is 2.10. The van der Waals surface area contributed by atoms with Crippen LogP contribution in [0.15, 0.2) is 0 Å². The minimum Gasteiger partial charge on any atom is -0.391 e. The van der Waals surface area contributed by atoms with Crippen LogP contribution < -0.4 is 0 Å². The first-order valence-corrected chi connectivity index (χ1v) is 3.85. The summed E-state index contributed by atoms with van der Waals surface area (Å²) in [7, 11) is 0. The van der Waals surface area contributed by atoms with E-state index in [0.717, 1.165) is 0 Å². The maximum atomic E-state index is 10.8. The van der Waals surface area contributed by atoms with Crippen molar-refractivity contribution in [3.63, 3.8) is 0 Å². The zero-order valence-electron chi connectivity index (χ0n) is 6.34. The fraction of sp³-hybridized carbons (Fsp3) is 0.714. The molecule has 0 aliphatic carbocycles. The third-order valence-corrected chi connectivity index (χ3v) is 1.44. The Morgan fingerprint density at radius 1 is 1.55 bits per heavy atom. The van der Waals surface area contributed by atoms with Crippen LogP contribution in [0.25, 0.3) is 0 Å². The maximum Gasteiger partial charge on any atom is 0.142 e. The van der Waals surface area contributed by atoms with E-state index in [1.54, 1.807) is 0 Å². The van der Waals surface area contributed by atoms with Crippen molar-refractivity contribution in [3.8, 4) is 0 Å². The Balaban J connectivity index is 3.60. The van der Waals surface area contributed by atoms with Gasteiger partial charge >= 0.3 is 0 Å². The molecule has 0 aliphatic heterocycles. The fourth-order valence-electron chi connectivity index (χ4n) is 0.667. The summed E-state index contributed by atoms with van der Waals surface area (Å²) in [5.74, 6) is -0.411. The number of carbonyl (C=O) groups excluding carboxylic acids is 2. The summed E-state index contributed by atoms with van der Waals surface area (Å²) in [5, 5.41) is 8.88. The lowest BCUT2D eigenvalue weighted by Gasteiger charge is -2.02. The number of aliphatic hydroxyl groups excluding tert-OH is 1. The fourth-order valence-corrected chi connectivity index (χ4v) is 0.776. The van der Waals surface area contributed by atoms with Crippen LogP contribution in [-0.2, 0) is 9.59 Å². The van der Waals surface area contributed by atoms with E-state index in [4.69, 9.17) is 16.7 Å². The Bertz CT molecular complexity index is 156. The van der Waals surface area contributed by atoms with Crippen molar-refractivity contribution in [3.05, 3.63) is 0 Å². The van der Waals surface area contributed by atoms with E-state index < -0.39 is 6.10 Å². The molecule has 1 atom stereocenters. The molecule has 0 rings (SSSR count). The van der Waals surface area contributed by atoms with Gasteiger partial charge in [0, 0.05) is 12.3 Å². The van der Waals surface area contributed by atoms with Crippen LogP contribution in [0, 0.1) is 0 Å². The van der Waals surface area contributed by atoms with Gasteiger partial charge in [-0.2, -0.15) is 0 Å². The van der Waals surface area contributed by atoms with Crippen molar-refractivity contribution in [2.75, 3.05) is 5.88 Å². The normalized spacial score (nSPS) is 12.6. The molecule has 11 heavy (non-hydrogen) atoms. The quantitative estimate of drug-likeness (QED) is 0.494. The summed E-state index contributed by atoms with van der Waals surface area (Å²) in [6.07, 6.45) is -0.944. The third kappa shape index (κ3) is 6.01. The molecule has 0 aromatic heterocycles. The van der Waals surface area contributed by atoms with Gasteiger partial charge in [0.25, 0.3) is 0 Å². The summed E-state index contributed by atoms with van der Waals surface area (Å²) in [4.78, 5) is 21.2. The average Bonchev–Trinajstić information content (AvgIpc) is 1.85. The van der Waals surface area contributed by atoms with E-state index >= 15 is 0 Å². The number of ketones is 2. The van der Waals surface area contributed by atoms with E-state index in [1.165, 1.54) is 6.92 Å². The second kappa shape index (κ2) is 5.27. The number of alkyl halides is 1. The highest BCUT2D eigenvalue weighted by Crippen LogP contribution is 1.98. The molecule has 1 N–H and O–H groups in total. The standard InChI is InChI=1S/C7H11ClO3/c1-5(9)2-6(10)3-7(11)4-8/h7,11H,2-4H2,1H3. The first-order chi connectivity index (χ1) is 5.06. The van der Waals surface area contributed by atoms with Crippen molar-refractivity contribution < 1.29 is 14.7 Å². The molecule has 3 nitrogen and oxygen atoms in total. The Kier molecular flexibility index (Phi) is 5.07. The number of hydrogen-bond donors (Lipinski definition) is 1. The molecule has 64 valence electrons. The van der Waals surface area contributed by atoms with Gasteiger partial charge in [-0.05, 0) is 6.92 Å². The number of halogens is 1. The van der Waals surface area contributed by atoms with Gasteiger partial charge in [-0.1, -0.05) is 0 Å². The van der Waals surface area contributed by atoms with Crippen LogP contribution in [-0.4, -0.2) is 28.7 Å². The van der Waals surface area contributed by atoms with Crippen LogP contribution in [0.5, 0.6) is 0 Å². The summed E-state index contributed by atoms with van der Waals surface area (Å²) < 4.78 is 0. The lowest BCUT2D eigenvalue weighted by molar-refractivity contribution is -0.126. The maximum absolute atomic E-state index is 10.8. The molecule has 0 saturated carbocycles. The third-order valence-electron chi connectivity index (χ3n) is 1.09. The molecule has 1 unspecified atom stereocenters. The summed E-state index contributed by atoms with van der Waals surface area (Å²) in [5.41, 5.74) is 0. The molecule has 0 aromatic carbocycles. The van der Waals surface area contributed by atoms with E-state index in [9.17, 15) is 9.59 Å². The van der Waals surface area contributed by atoms with E-state index in [1.807, 2.05) is 0 Å². The molecular weight excluding hydrogens is 168 g/mol. The summed E-state index contributed by atoms with van der Waals surface area (Å²) in [6, 6.07) is 0. The molecule has 0 aromatic rings. The molecule has 4 heteroatoms. The molecule has 0 radical (unpaired) electrons. The van der Waals surface area contributed by atoms with Gasteiger partial charge in [0.15, 0.2) is 0 Å². The summed E-state index contributed by atoms with van der Waals surface area (Å²) >= 11 is 5.25. The molecule has 0 fully saturated rings. The van der Waals surface area contributed by atoms with Crippen LogP contribution >= 0.6 is 11.6 Å². The number of Topliss-reactive ketones (excluding diaryl/α,β-unsaturated/α-hetero) is 2. The second-order valence-electron chi connectivity index (χ2n) is 2.43. The lowest BCUT2D eigenvalue weighted by atomic mass is 10.1. The van der Waals surface area contributed by atoms with Gasteiger partial charge in [-0.15, -0.1) is 11.6 Å². The van der Waals surface area contributed by atoms with Crippen molar-refractivity contribution in [1.29, 1.82) is 0 Å². The number of aliphatic hydroxyl groups is 1. The van der Waals surface area contributed by atoms with E-state index in [0.29, 0.717) is 0 Å². The highest BCUT2D eigenvalue weighted by atomic mass is 35.5. The predicted octanol–water partition coefficient (Wildman–Crippen LogP) is 0.524. The van der Waals surface area contributed by atoms with Gasteiger partial charge in [-0.3, -0.25) is 9.59 Å². The zero-order chi connectivity index (χ0) is 8.85. The van der Waals surface area contributed by atoms with Crippen molar-refractivity contribution in [2.45, 2.75) is 25.9 Å². The minimum absolute atomic E-state index is 0.0247. The van der Waals surface area contributed by atoms with Crippen LogP contribution in [0.4, 0.5) is 0 Å². The zero-order valence-corrected chi connectivity index (χ0v) is 7.10. The monoisotopic (exact) mass is 178 g/mol. The first-order valence-electron chi connectivity index (χ1n) is 3.31. The largest absolute Gasteiger partial charge is 0.391 e. The highest BCUT2D eigenvalue weighted by molar-refractivity contribution is 6.18. The molecule has 0 aliphatic rings. The molecular formula is C7H11ClO3. The van der Waals surface area contributed by atoms with E-state index in [-0.39, 0.29) is 30.3 Å². The number of hydrogen-bond acceptors (Lipinski definition) is 3. The SMILES string of the molecule is CC(=O)CC(=O)CC(O)CCl. The average molecular weight is 179 g/mol. The first kappa shape index (κ1) is 10.6. The van der Waals surface area contributed by atoms with Crippen molar-refractivity contribution in [2.24, 2.45) is 0 Å². The van der Waals surface area contributed by atoms with Crippen molar-refractivity contribution in [1.82, 2.24) is 0 Å². The van der Waals surface area contributed by atoms with Crippen LogP contribution in [0.3, 0.4) is 0 Å². The van der Waals surface area contributed by atoms with Gasteiger partial charge < -0.3 is 5.11 Å². The Morgan fingerprint density at radius 2 is 2.09 bits per heavy atom. The molecule has 0 saturated heterocycles. The number of carbonyl (C=O) groups is 2. The Morgan fingerprint density at radius 3 is 2.45 bits per heavy atom. The number of rotatable bonds is 5. The van der Waals surface area contributed by atoms with E-state index in [2.05, 4.69) is 0 Å². The van der Waals surface area contributed by atoms with Gasteiger partial charge in [0.05, 0.1) is 12.5 Å². The summed E-state index contributed by atoms with van der Waals surface area (Å²) in [6.45, 7) is 1.34. The second-order valence-corrected chi connectivity index (χ2v) is 2.74. The molecule has 0 heterocycles. The van der Waals surface area contributed by atoms with Gasteiger partial charge in [0.1, 0.15) is 11.6 Å². The van der Waals surface area contributed by atoms with Crippen molar-refractivity contribution >= 4 is 23.2 Å².